The van der Waals surface area contributed by atoms with Crippen LogP contribution >= 0.6 is 11.6 Å². The number of anilines is 1. The summed E-state index contributed by atoms with van der Waals surface area (Å²) in [6.07, 6.45) is 0.636. The van der Waals surface area contributed by atoms with Gasteiger partial charge in [-0.1, -0.05) is 18.5 Å². The van der Waals surface area contributed by atoms with Crippen molar-refractivity contribution in [1.29, 1.82) is 0 Å². The summed E-state index contributed by atoms with van der Waals surface area (Å²) >= 11 is 5.98. The van der Waals surface area contributed by atoms with Crippen LogP contribution in [0, 0.1) is 5.92 Å². The molecule has 19 heavy (non-hydrogen) atoms. The Labute approximate surface area is 117 Å². The zero-order valence-electron chi connectivity index (χ0n) is 10.9. The molecule has 1 amide bonds. The molecular weight excluding hydrogens is 268 g/mol. The van der Waals surface area contributed by atoms with Gasteiger partial charge < -0.3 is 15.8 Å². The summed E-state index contributed by atoms with van der Waals surface area (Å²) in [5.41, 5.74) is 6.21. The number of carbonyl (C=O) groups is 2. The van der Waals surface area contributed by atoms with Crippen molar-refractivity contribution >= 4 is 29.2 Å². The largest absolute Gasteiger partial charge is 0.465 e. The fourth-order valence-electron chi connectivity index (χ4n) is 1.56. The molecule has 0 fully saturated rings. The first-order chi connectivity index (χ1) is 9.03. The molecule has 1 atom stereocenters. The van der Waals surface area contributed by atoms with Crippen LogP contribution < -0.4 is 11.1 Å². The van der Waals surface area contributed by atoms with Crippen LogP contribution in [0.1, 0.15) is 23.7 Å². The van der Waals surface area contributed by atoms with Crippen molar-refractivity contribution < 1.29 is 14.3 Å². The maximum absolute atomic E-state index is 11.9. The Morgan fingerprint density at radius 3 is 2.68 bits per heavy atom. The van der Waals surface area contributed by atoms with E-state index in [4.69, 9.17) is 17.3 Å². The van der Waals surface area contributed by atoms with Crippen molar-refractivity contribution in [3.63, 3.8) is 0 Å². The zero-order chi connectivity index (χ0) is 14.4. The number of halogens is 1. The van der Waals surface area contributed by atoms with E-state index in [1.165, 1.54) is 25.3 Å². The third-order valence-corrected chi connectivity index (χ3v) is 3.12. The Hall–Kier alpha value is -1.59. The van der Waals surface area contributed by atoms with Crippen LogP contribution in [-0.4, -0.2) is 25.5 Å². The smallest absolute Gasteiger partial charge is 0.337 e. The van der Waals surface area contributed by atoms with Gasteiger partial charge in [0.25, 0.3) is 0 Å². The first kappa shape index (κ1) is 15.5. The van der Waals surface area contributed by atoms with E-state index in [-0.39, 0.29) is 18.4 Å². The lowest BCUT2D eigenvalue weighted by Crippen LogP contribution is -2.28. The second-order valence-electron chi connectivity index (χ2n) is 4.02. The van der Waals surface area contributed by atoms with Gasteiger partial charge in [0.05, 0.1) is 29.3 Å². The molecule has 0 aliphatic heterocycles. The molecule has 0 aliphatic carbocycles. The Morgan fingerprint density at radius 1 is 1.47 bits per heavy atom. The molecule has 3 N–H and O–H groups in total. The molecule has 0 aromatic heterocycles. The number of amides is 1. The summed E-state index contributed by atoms with van der Waals surface area (Å²) in [4.78, 5) is 23.3. The quantitative estimate of drug-likeness (QED) is 0.811. The fourth-order valence-corrected chi connectivity index (χ4v) is 1.72. The van der Waals surface area contributed by atoms with E-state index < -0.39 is 5.97 Å². The molecule has 0 saturated heterocycles. The minimum atomic E-state index is -0.488. The summed E-state index contributed by atoms with van der Waals surface area (Å²) in [5.74, 6) is -0.982. The highest BCUT2D eigenvalue weighted by Gasteiger charge is 2.17. The minimum Gasteiger partial charge on any atom is -0.465 e. The fraction of sp³-hybridized carbons (Fsp3) is 0.385. The van der Waals surface area contributed by atoms with Gasteiger partial charge in [0.15, 0.2) is 0 Å². The summed E-state index contributed by atoms with van der Waals surface area (Å²) in [6.45, 7) is 2.14. The molecule has 0 bridgehead atoms. The summed E-state index contributed by atoms with van der Waals surface area (Å²) in [7, 11) is 1.29. The molecule has 1 rings (SSSR count). The van der Waals surface area contributed by atoms with E-state index in [2.05, 4.69) is 10.1 Å². The van der Waals surface area contributed by atoms with Crippen LogP contribution in [0.3, 0.4) is 0 Å². The third-order valence-electron chi connectivity index (χ3n) is 2.79. The molecular formula is C13H17ClN2O3. The average molecular weight is 285 g/mol. The van der Waals surface area contributed by atoms with E-state index in [1.54, 1.807) is 0 Å². The molecule has 5 nitrogen and oxygen atoms in total. The van der Waals surface area contributed by atoms with Crippen molar-refractivity contribution in [2.75, 3.05) is 19.0 Å². The van der Waals surface area contributed by atoms with Gasteiger partial charge in [-0.15, -0.1) is 0 Å². The van der Waals surface area contributed by atoms with Crippen LogP contribution in [0.2, 0.25) is 5.02 Å². The number of benzene rings is 1. The van der Waals surface area contributed by atoms with Crippen molar-refractivity contribution in [2.24, 2.45) is 11.7 Å². The number of carbonyl (C=O) groups excluding carboxylic acids is 2. The lowest BCUT2D eigenvalue weighted by Gasteiger charge is -2.14. The molecule has 6 heteroatoms. The van der Waals surface area contributed by atoms with Gasteiger partial charge in [0.1, 0.15) is 0 Å². The standard InChI is InChI=1S/C13H17ClN2O3/c1-3-8(7-15)12(17)16-11-6-9(13(18)19-2)4-5-10(11)14/h4-6,8H,3,7,15H2,1-2H3,(H,16,17). The second kappa shape index (κ2) is 7.11. The SMILES string of the molecule is CCC(CN)C(=O)Nc1cc(C(=O)OC)ccc1Cl. The second-order valence-corrected chi connectivity index (χ2v) is 4.42. The first-order valence-electron chi connectivity index (χ1n) is 5.92. The minimum absolute atomic E-state index is 0.214. The summed E-state index contributed by atoms with van der Waals surface area (Å²) < 4.78 is 4.61. The predicted molar refractivity (Wildman–Crippen MR) is 74.3 cm³/mol. The van der Waals surface area contributed by atoms with Crippen LogP contribution in [0.5, 0.6) is 0 Å². The molecule has 0 saturated carbocycles. The van der Waals surface area contributed by atoms with Gasteiger partial charge in [0.2, 0.25) is 5.91 Å². The lowest BCUT2D eigenvalue weighted by molar-refractivity contribution is -0.119. The number of hydrogen-bond donors (Lipinski definition) is 2. The van der Waals surface area contributed by atoms with Crippen LogP contribution in [0.25, 0.3) is 0 Å². The summed E-state index contributed by atoms with van der Waals surface area (Å²) in [5, 5.41) is 3.03. The summed E-state index contributed by atoms with van der Waals surface area (Å²) in [6, 6.07) is 4.55. The van der Waals surface area contributed by atoms with E-state index >= 15 is 0 Å². The topological polar surface area (TPSA) is 81.4 Å². The normalized spacial score (nSPS) is 11.8. The Bertz CT molecular complexity index is 473. The predicted octanol–water partition coefficient (Wildman–Crippen LogP) is 2.05. The number of esters is 1. The van der Waals surface area contributed by atoms with Crippen molar-refractivity contribution in [1.82, 2.24) is 0 Å². The lowest BCUT2D eigenvalue weighted by atomic mass is 10.1. The highest BCUT2D eigenvalue weighted by Crippen LogP contribution is 2.24. The number of hydrogen-bond acceptors (Lipinski definition) is 4. The number of rotatable bonds is 5. The highest BCUT2D eigenvalue weighted by molar-refractivity contribution is 6.33. The van der Waals surface area contributed by atoms with Gasteiger partial charge in [-0.05, 0) is 24.6 Å². The molecule has 104 valence electrons. The molecule has 0 spiro atoms. The van der Waals surface area contributed by atoms with E-state index in [0.717, 1.165) is 0 Å². The van der Waals surface area contributed by atoms with Gasteiger partial charge in [-0.3, -0.25) is 4.79 Å². The Kier molecular flexibility index (Phi) is 5.79. The van der Waals surface area contributed by atoms with Crippen LogP contribution in [0.15, 0.2) is 18.2 Å². The van der Waals surface area contributed by atoms with Crippen molar-refractivity contribution in [3.05, 3.63) is 28.8 Å². The van der Waals surface area contributed by atoms with Gasteiger partial charge in [-0.2, -0.15) is 0 Å². The van der Waals surface area contributed by atoms with Crippen LogP contribution in [0.4, 0.5) is 5.69 Å². The molecule has 0 radical (unpaired) electrons. The number of nitrogens with one attached hydrogen (secondary N) is 1. The monoisotopic (exact) mass is 284 g/mol. The molecule has 0 heterocycles. The number of methoxy groups -OCH3 is 1. The van der Waals surface area contributed by atoms with Gasteiger partial charge in [0, 0.05) is 6.54 Å². The van der Waals surface area contributed by atoms with E-state index in [0.29, 0.717) is 22.7 Å². The molecule has 1 aromatic carbocycles. The molecule has 1 aromatic rings. The van der Waals surface area contributed by atoms with Crippen LogP contribution in [-0.2, 0) is 9.53 Å². The zero-order valence-corrected chi connectivity index (χ0v) is 11.7. The third kappa shape index (κ3) is 3.94. The van der Waals surface area contributed by atoms with Gasteiger partial charge >= 0.3 is 5.97 Å². The number of ether oxygens (including phenoxy) is 1. The van der Waals surface area contributed by atoms with E-state index in [1.807, 2.05) is 6.92 Å². The van der Waals surface area contributed by atoms with Gasteiger partial charge in [-0.25, -0.2) is 4.79 Å². The molecule has 0 aliphatic rings. The van der Waals surface area contributed by atoms with Crippen molar-refractivity contribution in [3.8, 4) is 0 Å². The average Bonchev–Trinajstić information content (AvgIpc) is 2.41. The first-order valence-corrected chi connectivity index (χ1v) is 6.30. The highest BCUT2D eigenvalue weighted by atomic mass is 35.5. The Morgan fingerprint density at radius 2 is 2.16 bits per heavy atom. The maximum Gasteiger partial charge on any atom is 0.337 e. The van der Waals surface area contributed by atoms with E-state index in [9.17, 15) is 9.59 Å². The molecule has 1 unspecified atom stereocenters. The van der Waals surface area contributed by atoms with Crippen molar-refractivity contribution in [2.45, 2.75) is 13.3 Å². The maximum atomic E-state index is 11.9. The Balaban J connectivity index is 2.94. The number of nitrogens with two attached hydrogens (primary N) is 1.